The van der Waals surface area contributed by atoms with Crippen molar-refractivity contribution < 1.29 is 9.47 Å². The Hall–Kier alpha value is -0.350. The molecule has 1 aliphatic heterocycles. The first kappa shape index (κ1) is 8.26. The molecule has 0 saturated carbocycles. The highest BCUT2D eigenvalue weighted by Gasteiger charge is 2.14. The number of rotatable bonds is 0. The van der Waals surface area contributed by atoms with Crippen molar-refractivity contribution in [1.29, 1.82) is 0 Å². The summed E-state index contributed by atoms with van der Waals surface area (Å²) in [6.07, 6.45) is 0. The van der Waals surface area contributed by atoms with Crippen LogP contribution in [0.25, 0.3) is 0 Å². The third kappa shape index (κ3) is 1.41. The van der Waals surface area contributed by atoms with Gasteiger partial charge in [0.15, 0.2) is 11.5 Å². The first-order valence-electron chi connectivity index (χ1n) is 3.55. The minimum atomic E-state index is 0.608. The number of ether oxygens (including phenoxy) is 2. The van der Waals surface area contributed by atoms with Crippen molar-refractivity contribution >= 4 is 28.6 Å². The first-order chi connectivity index (χ1) is 5.77. The van der Waals surface area contributed by atoms with Gasteiger partial charge in [-0.3, -0.25) is 0 Å². The molecule has 0 N–H and O–H groups in total. The van der Waals surface area contributed by atoms with Gasteiger partial charge in [0, 0.05) is 4.90 Å². The van der Waals surface area contributed by atoms with Gasteiger partial charge in [-0.25, -0.2) is 0 Å². The average Bonchev–Trinajstić information content (AvgIpc) is 2.04. The van der Waals surface area contributed by atoms with E-state index in [2.05, 4.69) is 28.6 Å². The predicted molar refractivity (Wildman–Crippen MR) is 52.4 cm³/mol. The normalized spacial score (nSPS) is 14.5. The molecule has 2 rings (SSSR count). The van der Waals surface area contributed by atoms with E-state index < -0.39 is 0 Å². The van der Waals surface area contributed by atoms with Gasteiger partial charge in [-0.15, -0.1) is 12.6 Å². The second-order valence-corrected chi connectivity index (χ2v) is 3.82. The summed E-state index contributed by atoms with van der Waals surface area (Å²) in [6.45, 7) is 1.22. The second-order valence-electron chi connectivity index (χ2n) is 2.45. The Balaban J connectivity index is 2.53. The van der Waals surface area contributed by atoms with Crippen LogP contribution in [0.1, 0.15) is 0 Å². The lowest BCUT2D eigenvalue weighted by atomic mass is 10.3. The fourth-order valence-corrected chi connectivity index (χ4v) is 2.08. The summed E-state index contributed by atoms with van der Waals surface area (Å²) >= 11 is 7.60. The maximum absolute atomic E-state index is 5.40. The number of hydrogen-bond acceptors (Lipinski definition) is 3. The van der Waals surface area contributed by atoms with E-state index in [-0.39, 0.29) is 0 Å². The Morgan fingerprint density at radius 1 is 1.25 bits per heavy atom. The highest BCUT2D eigenvalue weighted by atomic mass is 79.9. The van der Waals surface area contributed by atoms with Crippen LogP contribution >= 0.6 is 28.6 Å². The lowest BCUT2D eigenvalue weighted by Crippen LogP contribution is -2.15. The Kier molecular flexibility index (Phi) is 2.19. The van der Waals surface area contributed by atoms with Gasteiger partial charge in [0.25, 0.3) is 0 Å². The summed E-state index contributed by atoms with van der Waals surface area (Å²) in [4.78, 5) is 0.867. The van der Waals surface area contributed by atoms with Crippen molar-refractivity contribution in [2.75, 3.05) is 13.2 Å². The van der Waals surface area contributed by atoms with E-state index in [0.29, 0.717) is 13.2 Å². The van der Waals surface area contributed by atoms with Crippen LogP contribution in [0, 0.1) is 0 Å². The second kappa shape index (κ2) is 3.18. The zero-order valence-electron chi connectivity index (χ0n) is 6.21. The van der Waals surface area contributed by atoms with Crippen LogP contribution in [0.2, 0.25) is 0 Å². The maximum Gasteiger partial charge on any atom is 0.175 e. The van der Waals surface area contributed by atoms with Gasteiger partial charge in [-0.05, 0) is 28.1 Å². The van der Waals surface area contributed by atoms with E-state index >= 15 is 0 Å². The number of hydrogen-bond donors (Lipinski definition) is 1. The third-order valence-corrected chi connectivity index (χ3v) is 2.43. The molecule has 0 radical (unpaired) electrons. The van der Waals surface area contributed by atoms with Gasteiger partial charge in [-0.2, -0.15) is 0 Å². The molecule has 2 nitrogen and oxygen atoms in total. The molecule has 4 heteroatoms. The molecule has 0 amide bonds. The molecule has 0 aliphatic carbocycles. The van der Waals surface area contributed by atoms with Gasteiger partial charge in [0.05, 0.1) is 4.47 Å². The molecule has 0 spiro atoms. The summed E-state index contributed by atoms with van der Waals surface area (Å²) in [5.74, 6) is 1.54. The van der Waals surface area contributed by atoms with Gasteiger partial charge >= 0.3 is 0 Å². The number of thiol groups is 1. The molecule has 0 fully saturated rings. The van der Waals surface area contributed by atoms with E-state index in [1.165, 1.54) is 0 Å². The van der Waals surface area contributed by atoms with E-state index in [1.807, 2.05) is 12.1 Å². The molecule has 0 aromatic heterocycles. The molecule has 1 aliphatic rings. The summed E-state index contributed by atoms with van der Waals surface area (Å²) < 4.78 is 11.7. The van der Waals surface area contributed by atoms with Crippen molar-refractivity contribution in [1.82, 2.24) is 0 Å². The monoisotopic (exact) mass is 246 g/mol. The van der Waals surface area contributed by atoms with Crippen LogP contribution in [0.3, 0.4) is 0 Å². The standard InChI is InChI=1S/C8H7BrO2S/c9-6-3-5(12)4-7-8(6)11-2-1-10-7/h3-4,12H,1-2H2. The summed E-state index contributed by atoms with van der Waals surface area (Å²) in [5, 5.41) is 0. The molecule has 12 heavy (non-hydrogen) atoms. The summed E-state index contributed by atoms with van der Waals surface area (Å²) in [6, 6.07) is 3.74. The molecule has 0 unspecified atom stereocenters. The Morgan fingerprint density at radius 2 is 2.00 bits per heavy atom. The first-order valence-corrected chi connectivity index (χ1v) is 4.79. The number of halogens is 1. The van der Waals surface area contributed by atoms with Crippen LogP contribution in [-0.4, -0.2) is 13.2 Å². The molecular weight excluding hydrogens is 240 g/mol. The van der Waals surface area contributed by atoms with E-state index in [0.717, 1.165) is 20.9 Å². The predicted octanol–water partition coefficient (Wildman–Crippen LogP) is 2.51. The van der Waals surface area contributed by atoms with Gasteiger partial charge in [0.2, 0.25) is 0 Å². The Morgan fingerprint density at radius 3 is 2.83 bits per heavy atom. The number of benzene rings is 1. The van der Waals surface area contributed by atoms with Gasteiger partial charge in [-0.1, -0.05) is 0 Å². The zero-order chi connectivity index (χ0) is 8.55. The largest absolute Gasteiger partial charge is 0.486 e. The van der Waals surface area contributed by atoms with Crippen LogP contribution in [-0.2, 0) is 0 Å². The van der Waals surface area contributed by atoms with Crippen molar-refractivity contribution in [3.8, 4) is 11.5 Å². The van der Waals surface area contributed by atoms with Crippen molar-refractivity contribution in [3.63, 3.8) is 0 Å². The molecule has 1 aromatic carbocycles. The molecule has 0 saturated heterocycles. The van der Waals surface area contributed by atoms with Crippen molar-refractivity contribution in [2.45, 2.75) is 4.90 Å². The smallest absolute Gasteiger partial charge is 0.175 e. The van der Waals surface area contributed by atoms with Crippen LogP contribution in [0.4, 0.5) is 0 Å². The molecule has 1 aromatic rings. The van der Waals surface area contributed by atoms with Crippen LogP contribution in [0.5, 0.6) is 11.5 Å². The summed E-state index contributed by atoms with van der Waals surface area (Å²) in [5.41, 5.74) is 0. The zero-order valence-corrected chi connectivity index (χ0v) is 8.69. The van der Waals surface area contributed by atoms with Crippen molar-refractivity contribution in [3.05, 3.63) is 16.6 Å². The van der Waals surface area contributed by atoms with Crippen LogP contribution < -0.4 is 9.47 Å². The SMILES string of the molecule is Sc1cc(Br)c2c(c1)OCCO2. The summed E-state index contributed by atoms with van der Waals surface area (Å²) in [7, 11) is 0. The lowest BCUT2D eigenvalue weighted by molar-refractivity contribution is 0.170. The van der Waals surface area contributed by atoms with Gasteiger partial charge < -0.3 is 9.47 Å². The Bertz CT molecular complexity index is 314. The highest BCUT2D eigenvalue weighted by Crippen LogP contribution is 2.39. The van der Waals surface area contributed by atoms with E-state index in [9.17, 15) is 0 Å². The average molecular weight is 247 g/mol. The van der Waals surface area contributed by atoms with E-state index in [1.54, 1.807) is 0 Å². The molecule has 64 valence electrons. The molecule has 0 atom stereocenters. The molecule has 0 bridgehead atoms. The number of fused-ring (bicyclic) bond motifs is 1. The third-order valence-electron chi connectivity index (χ3n) is 1.58. The highest BCUT2D eigenvalue weighted by molar-refractivity contribution is 9.10. The fourth-order valence-electron chi connectivity index (χ4n) is 1.10. The lowest BCUT2D eigenvalue weighted by Gasteiger charge is -2.19. The molecular formula is C8H7BrO2S. The van der Waals surface area contributed by atoms with Crippen LogP contribution in [0.15, 0.2) is 21.5 Å². The quantitative estimate of drug-likeness (QED) is 0.710. The Labute approximate surface area is 84.4 Å². The minimum Gasteiger partial charge on any atom is -0.486 e. The minimum absolute atomic E-state index is 0.608. The topological polar surface area (TPSA) is 18.5 Å². The van der Waals surface area contributed by atoms with Crippen molar-refractivity contribution in [2.24, 2.45) is 0 Å². The van der Waals surface area contributed by atoms with Gasteiger partial charge in [0.1, 0.15) is 13.2 Å². The van der Waals surface area contributed by atoms with E-state index in [4.69, 9.17) is 9.47 Å². The maximum atomic E-state index is 5.40. The fraction of sp³-hybridized carbons (Fsp3) is 0.250. The molecule has 1 heterocycles.